The molecule has 3 rings (SSSR count). The summed E-state index contributed by atoms with van der Waals surface area (Å²) in [6.07, 6.45) is 1.80. The van der Waals surface area contributed by atoms with Gasteiger partial charge in [-0.25, -0.2) is 0 Å². The van der Waals surface area contributed by atoms with Gasteiger partial charge in [0.25, 0.3) is 5.91 Å². The van der Waals surface area contributed by atoms with E-state index in [2.05, 4.69) is 15.2 Å². The van der Waals surface area contributed by atoms with Crippen molar-refractivity contribution in [2.45, 2.75) is 6.92 Å². The van der Waals surface area contributed by atoms with E-state index in [0.29, 0.717) is 12.1 Å². The van der Waals surface area contributed by atoms with E-state index in [-0.39, 0.29) is 5.91 Å². The van der Waals surface area contributed by atoms with Gasteiger partial charge in [0.2, 0.25) is 0 Å². The number of carbonyl (C=O) groups is 1. The van der Waals surface area contributed by atoms with Crippen LogP contribution in [0.1, 0.15) is 15.9 Å². The summed E-state index contributed by atoms with van der Waals surface area (Å²) in [7, 11) is 0. The third-order valence-corrected chi connectivity index (χ3v) is 4.18. The highest BCUT2D eigenvalue weighted by Crippen LogP contribution is 2.18. The highest BCUT2D eigenvalue weighted by atomic mass is 16.5. The van der Waals surface area contributed by atoms with Crippen molar-refractivity contribution in [1.82, 2.24) is 15.2 Å². The van der Waals surface area contributed by atoms with Gasteiger partial charge in [0.05, 0.1) is 18.9 Å². The molecule has 1 aliphatic rings. The van der Waals surface area contributed by atoms with Gasteiger partial charge in [0.1, 0.15) is 0 Å². The Labute approximate surface area is 142 Å². The van der Waals surface area contributed by atoms with E-state index in [1.54, 1.807) is 6.20 Å². The molecule has 1 fully saturated rings. The van der Waals surface area contributed by atoms with Crippen molar-refractivity contribution >= 4 is 5.91 Å². The first kappa shape index (κ1) is 16.6. The molecule has 0 saturated carbocycles. The number of nitrogens with one attached hydrogen (secondary N) is 1. The van der Waals surface area contributed by atoms with Crippen molar-refractivity contribution in [3.05, 3.63) is 53.7 Å². The zero-order chi connectivity index (χ0) is 16.8. The van der Waals surface area contributed by atoms with E-state index in [1.165, 1.54) is 5.56 Å². The van der Waals surface area contributed by atoms with Gasteiger partial charge in [-0.05, 0) is 36.8 Å². The largest absolute Gasteiger partial charge is 0.379 e. The minimum atomic E-state index is -0.0352. The lowest BCUT2D eigenvalue weighted by molar-refractivity contribution is 0.0383. The smallest absolute Gasteiger partial charge is 0.251 e. The Balaban J connectivity index is 1.53. The molecule has 1 aromatic heterocycles. The lowest BCUT2D eigenvalue weighted by Crippen LogP contribution is -2.41. The summed E-state index contributed by atoms with van der Waals surface area (Å²) in [6, 6.07) is 11.6. The maximum absolute atomic E-state index is 12.2. The number of carbonyl (C=O) groups excluding carboxylic acids is 1. The predicted octanol–water partition coefficient (Wildman–Crippen LogP) is 2.12. The summed E-state index contributed by atoms with van der Waals surface area (Å²) in [5.74, 6) is -0.0352. The highest BCUT2D eigenvalue weighted by Gasteiger charge is 2.11. The number of morpholine rings is 1. The summed E-state index contributed by atoms with van der Waals surface area (Å²) >= 11 is 0. The van der Waals surface area contributed by atoms with E-state index in [4.69, 9.17) is 4.74 Å². The summed E-state index contributed by atoms with van der Waals surface area (Å²) in [6.45, 7) is 6.99. The van der Waals surface area contributed by atoms with Crippen molar-refractivity contribution in [1.29, 1.82) is 0 Å². The van der Waals surface area contributed by atoms with Crippen LogP contribution in [0.4, 0.5) is 0 Å². The monoisotopic (exact) mass is 325 g/mol. The third kappa shape index (κ3) is 4.40. The number of benzene rings is 1. The molecule has 1 N–H and O–H groups in total. The number of aromatic nitrogens is 1. The average molecular weight is 325 g/mol. The lowest BCUT2D eigenvalue weighted by atomic mass is 10.1. The second-order valence-corrected chi connectivity index (χ2v) is 6.01. The minimum Gasteiger partial charge on any atom is -0.379 e. The molecular formula is C19H23N3O2. The molecule has 0 unspecified atom stereocenters. The predicted molar refractivity (Wildman–Crippen MR) is 94.0 cm³/mol. The normalized spacial score (nSPS) is 15.2. The van der Waals surface area contributed by atoms with E-state index in [9.17, 15) is 4.79 Å². The van der Waals surface area contributed by atoms with Crippen molar-refractivity contribution in [2.75, 3.05) is 39.4 Å². The number of amides is 1. The summed E-state index contributed by atoms with van der Waals surface area (Å²) in [5, 5.41) is 2.98. The van der Waals surface area contributed by atoms with Crippen LogP contribution in [-0.4, -0.2) is 55.2 Å². The number of pyridine rings is 1. The lowest BCUT2D eigenvalue weighted by Gasteiger charge is -2.26. The number of hydrogen-bond acceptors (Lipinski definition) is 4. The van der Waals surface area contributed by atoms with Crippen LogP contribution >= 0.6 is 0 Å². The molecule has 0 atom stereocenters. The summed E-state index contributed by atoms with van der Waals surface area (Å²) in [5.41, 5.74) is 3.79. The number of ether oxygens (including phenoxy) is 1. The molecule has 2 aromatic rings. The van der Waals surface area contributed by atoms with Crippen LogP contribution in [0.3, 0.4) is 0 Å². The molecule has 1 aliphatic heterocycles. The minimum absolute atomic E-state index is 0.0352. The number of aryl methyl sites for hydroxylation is 1. The van der Waals surface area contributed by atoms with Crippen LogP contribution in [-0.2, 0) is 4.74 Å². The second-order valence-electron chi connectivity index (χ2n) is 6.01. The number of rotatable bonds is 5. The topological polar surface area (TPSA) is 54.5 Å². The number of hydrogen-bond donors (Lipinski definition) is 1. The Morgan fingerprint density at radius 2 is 1.96 bits per heavy atom. The highest BCUT2D eigenvalue weighted by molar-refractivity contribution is 5.94. The van der Waals surface area contributed by atoms with Gasteiger partial charge in [-0.1, -0.05) is 12.1 Å². The van der Waals surface area contributed by atoms with Gasteiger partial charge in [0.15, 0.2) is 0 Å². The van der Waals surface area contributed by atoms with Crippen LogP contribution in [0, 0.1) is 6.92 Å². The van der Waals surface area contributed by atoms with E-state index < -0.39 is 0 Å². The fourth-order valence-corrected chi connectivity index (χ4v) is 2.74. The molecule has 0 radical (unpaired) electrons. The average Bonchev–Trinajstić information content (AvgIpc) is 2.63. The van der Waals surface area contributed by atoms with Crippen LogP contribution in [0.25, 0.3) is 11.3 Å². The van der Waals surface area contributed by atoms with Gasteiger partial charge in [0, 0.05) is 43.5 Å². The van der Waals surface area contributed by atoms with Gasteiger partial charge in [-0.3, -0.25) is 14.7 Å². The molecular weight excluding hydrogens is 302 g/mol. The van der Waals surface area contributed by atoms with Crippen molar-refractivity contribution in [2.24, 2.45) is 0 Å². The zero-order valence-corrected chi connectivity index (χ0v) is 14.0. The Morgan fingerprint density at radius 1 is 1.21 bits per heavy atom. The van der Waals surface area contributed by atoms with Gasteiger partial charge in [-0.15, -0.1) is 0 Å². The first-order chi connectivity index (χ1) is 11.7. The molecule has 0 aliphatic carbocycles. The third-order valence-electron chi connectivity index (χ3n) is 4.18. The molecule has 1 saturated heterocycles. The van der Waals surface area contributed by atoms with Crippen LogP contribution in [0.15, 0.2) is 42.6 Å². The van der Waals surface area contributed by atoms with Gasteiger partial charge >= 0.3 is 0 Å². The number of nitrogens with zero attached hydrogens (tertiary/aromatic N) is 2. The molecule has 126 valence electrons. The van der Waals surface area contributed by atoms with E-state index in [1.807, 2.05) is 43.3 Å². The molecule has 0 bridgehead atoms. The Morgan fingerprint density at radius 3 is 2.67 bits per heavy atom. The Hall–Kier alpha value is -2.24. The van der Waals surface area contributed by atoms with E-state index >= 15 is 0 Å². The fraction of sp³-hybridized carbons (Fsp3) is 0.368. The van der Waals surface area contributed by atoms with Crippen LogP contribution < -0.4 is 5.32 Å². The quantitative estimate of drug-likeness (QED) is 0.915. The Bertz CT molecular complexity index is 679. The van der Waals surface area contributed by atoms with Crippen LogP contribution in [0.5, 0.6) is 0 Å². The molecule has 1 aromatic carbocycles. The standard InChI is InChI=1S/C19H23N3O2/c1-15-6-7-20-18(14-15)16-2-4-17(5-3-16)19(23)21-8-9-22-10-12-24-13-11-22/h2-7,14H,8-13H2,1H3,(H,21,23). The van der Waals surface area contributed by atoms with E-state index in [0.717, 1.165) is 44.1 Å². The zero-order valence-electron chi connectivity index (χ0n) is 14.0. The first-order valence-electron chi connectivity index (χ1n) is 8.34. The molecule has 2 heterocycles. The SMILES string of the molecule is Cc1ccnc(-c2ccc(C(=O)NCCN3CCOCC3)cc2)c1. The fourth-order valence-electron chi connectivity index (χ4n) is 2.74. The molecule has 5 heteroatoms. The van der Waals surface area contributed by atoms with Gasteiger partial charge in [-0.2, -0.15) is 0 Å². The van der Waals surface area contributed by atoms with Crippen molar-refractivity contribution in [3.63, 3.8) is 0 Å². The summed E-state index contributed by atoms with van der Waals surface area (Å²) < 4.78 is 5.32. The molecule has 5 nitrogen and oxygen atoms in total. The maximum atomic E-state index is 12.2. The van der Waals surface area contributed by atoms with Crippen molar-refractivity contribution in [3.8, 4) is 11.3 Å². The maximum Gasteiger partial charge on any atom is 0.251 e. The van der Waals surface area contributed by atoms with Gasteiger partial charge < -0.3 is 10.1 Å². The van der Waals surface area contributed by atoms with Crippen LogP contribution in [0.2, 0.25) is 0 Å². The molecule has 1 amide bonds. The second kappa shape index (κ2) is 8.04. The first-order valence-corrected chi connectivity index (χ1v) is 8.34. The molecule has 24 heavy (non-hydrogen) atoms. The molecule has 0 spiro atoms. The van der Waals surface area contributed by atoms with Crippen molar-refractivity contribution < 1.29 is 9.53 Å². The summed E-state index contributed by atoms with van der Waals surface area (Å²) in [4.78, 5) is 18.9. The Kier molecular flexibility index (Phi) is 5.56.